The molecule has 2 saturated carbocycles. The van der Waals surface area contributed by atoms with Crippen molar-refractivity contribution in [2.45, 2.75) is 154 Å². The van der Waals surface area contributed by atoms with Crippen molar-refractivity contribution in [2.75, 3.05) is 26.9 Å². The number of unbranched alkanes of at least 4 members (excludes halogenated alkanes) is 11. The van der Waals surface area contributed by atoms with E-state index < -0.39 is 0 Å². The molecule has 2 aliphatic rings. The minimum absolute atomic E-state index is 0.0843. The Morgan fingerprint density at radius 2 is 1.23 bits per heavy atom. The van der Waals surface area contributed by atoms with Gasteiger partial charge >= 0.3 is 5.97 Å². The van der Waals surface area contributed by atoms with Gasteiger partial charge in [0.2, 0.25) is 0 Å². The lowest BCUT2D eigenvalue weighted by Gasteiger charge is -2.34. The van der Waals surface area contributed by atoms with Gasteiger partial charge < -0.3 is 18.9 Å². The highest BCUT2D eigenvalue weighted by Gasteiger charge is 2.36. The molecule has 0 bridgehead atoms. The normalized spacial score (nSPS) is 23.4. The standard InChI is InChI=1S/C30H56O5/c1-3-4-5-6-7-8-9-10-11-12-13-17-22-35-30(31)28-21-20-27(25-29(28)32-2)34-24-23-33-26-18-15-14-16-19-26/h26-29H,3-25H2,1-2H3. The van der Waals surface area contributed by atoms with E-state index in [1.54, 1.807) is 7.11 Å². The van der Waals surface area contributed by atoms with Gasteiger partial charge in [0.15, 0.2) is 0 Å². The van der Waals surface area contributed by atoms with Crippen molar-refractivity contribution < 1.29 is 23.7 Å². The second-order valence-electron chi connectivity index (χ2n) is 10.9. The van der Waals surface area contributed by atoms with Gasteiger partial charge in [-0.1, -0.05) is 96.8 Å². The fourth-order valence-electron chi connectivity index (χ4n) is 5.66. The summed E-state index contributed by atoms with van der Waals surface area (Å²) in [5.74, 6) is -0.241. The fraction of sp³-hybridized carbons (Fsp3) is 0.967. The van der Waals surface area contributed by atoms with E-state index in [-0.39, 0.29) is 24.1 Å². The molecule has 2 aliphatic carbocycles. The molecule has 3 unspecified atom stereocenters. The summed E-state index contributed by atoms with van der Waals surface area (Å²) < 4.78 is 23.3. The van der Waals surface area contributed by atoms with Crippen molar-refractivity contribution in [3.63, 3.8) is 0 Å². The third-order valence-corrected chi connectivity index (χ3v) is 7.93. The SMILES string of the molecule is CCCCCCCCCCCCCCOC(=O)C1CCC(OCCOC2CCCCC2)CC1OC. The van der Waals surface area contributed by atoms with Gasteiger partial charge in [0.1, 0.15) is 0 Å². The monoisotopic (exact) mass is 496 g/mol. The second kappa shape index (κ2) is 20.4. The van der Waals surface area contributed by atoms with Crippen molar-refractivity contribution in [2.24, 2.45) is 5.92 Å². The Hall–Kier alpha value is -0.650. The number of ether oxygens (including phenoxy) is 4. The Kier molecular flexibility index (Phi) is 17.8. The average molecular weight is 497 g/mol. The molecule has 2 rings (SSSR count). The third-order valence-electron chi connectivity index (χ3n) is 7.93. The quantitative estimate of drug-likeness (QED) is 0.127. The first kappa shape index (κ1) is 30.6. The van der Waals surface area contributed by atoms with Crippen LogP contribution in [0.1, 0.15) is 135 Å². The highest BCUT2D eigenvalue weighted by atomic mass is 16.5. The maximum atomic E-state index is 12.6. The van der Waals surface area contributed by atoms with Crippen LogP contribution in [0.4, 0.5) is 0 Å². The minimum Gasteiger partial charge on any atom is -0.465 e. The summed E-state index contributed by atoms with van der Waals surface area (Å²) in [6.07, 6.45) is 25.0. The highest BCUT2D eigenvalue weighted by Crippen LogP contribution is 2.30. The third kappa shape index (κ3) is 14.0. The molecule has 5 heteroatoms. The van der Waals surface area contributed by atoms with Crippen molar-refractivity contribution in [3.05, 3.63) is 0 Å². The van der Waals surface area contributed by atoms with Crippen LogP contribution in [0.2, 0.25) is 0 Å². The molecule has 0 heterocycles. The first-order chi connectivity index (χ1) is 17.2. The lowest BCUT2D eigenvalue weighted by Crippen LogP contribution is -2.40. The van der Waals surface area contributed by atoms with E-state index >= 15 is 0 Å². The maximum absolute atomic E-state index is 12.6. The zero-order chi connectivity index (χ0) is 25.0. The number of esters is 1. The molecular weight excluding hydrogens is 440 g/mol. The summed E-state index contributed by atoms with van der Waals surface area (Å²) in [5, 5.41) is 0. The number of carbonyl (C=O) groups is 1. The van der Waals surface area contributed by atoms with E-state index in [4.69, 9.17) is 18.9 Å². The van der Waals surface area contributed by atoms with E-state index in [9.17, 15) is 4.79 Å². The van der Waals surface area contributed by atoms with Crippen molar-refractivity contribution in [1.29, 1.82) is 0 Å². The van der Waals surface area contributed by atoms with Gasteiger partial charge in [0.05, 0.1) is 44.1 Å². The van der Waals surface area contributed by atoms with Crippen molar-refractivity contribution in [3.8, 4) is 0 Å². The molecule has 0 saturated heterocycles. The Morgan fingerprint density at radius 3 is 1.83 bits per heavy atom. The van der Waals surface area contributed by atoms with Crippen LogP contribution in [-0.2, 0) is 23.7 Å². The van der Waals surface area contributed by atoms with E-state index in [2.05, 4.69) is 6.92 Å². The Labute approximate surface area is 216 Å². The van der Waals surface area contributed by atoms with E-state index in [0.29, 0.717) is 25.9 Å². The molecule has 35 heavy (non-hydrogen) atoms. The molecule has 0 aliphatic heterocycles. The lowest BCUT2D eigenvalue weighted by molar-refractivity contribution is -0.159. The minimum atomic E-state index is -0.157. The Bertz CT molecular complexity index is 505. The maximum Gasteiger partial charge on any atom is 0.311 e. The number of hydrogen-bond acceptors (Lipinski definition) is 5. The molecule has 0 aromatic rings. The molecular formula is C30H56O5. The second-order valence-corrected chi connectivity index (χ2v) is 10.9. The van der Waals surface area contributed by atoms with Gasteiger partial charge in [-0.05, 0) is 32.1 Å². The van der Waals surface area contributed by atoms with Crippen LogP contribution in [0.5, 0.6) is 0 Å². The lowest BCUT2D eigenvalue weighted by atomic mass is 9.84. The van der Waals surface area contributed by atoms with Crippen LogP contribution in [0, 0.1) is 5.92 Å². The van der Waals surface area contributed by atoms with Crippen LogP contribution < -0.4 is 0 Å². The molecule has 0 N–H and O–H groups in total. The van der Waals surface area contributed by atoms with Gasteiger partial charge in [-0.2, -0.15) is 0 Å². The number of rotatable bonds is 20. The zero-order valence-corrected chi connectivity index (χ0v) is 23.1. The summed E-state index contributed by atoms with van der Waals surface area (Å²) >= 11 is 0. The molecule has 0 aromatic carbocycles. The van der Waals surface area contributed by atoms with Crippen LogP contribution in [0.15, 0.2) is 0 Å². The molecule has 206 valence electrons. The van der Waals surface area contributed by atoms with Crippen LogP contribution in [0.3, 0.4) is 0 Å². The van der Waals surface area contributed by atoms with Crippen LogP contribution in [0.25, 0.3) is 0 Å². The molecule has 2 fully saturated rings. The Balaban J connectivity index is 1.45. The molecule has 0 radical (unpaired) electrons. The van der Waals surface area contributed by atoms with Gasteiger partial charge in [0.25, 0.3) is 0 Å². The fourth-order valence-corrected chi connectivity index (χ4v) is 5.66. The zero-order valence-electron chi connectivity index (χ0n) is 23.1. The number of hydrogen-bond donors (Lipinski definition) is 0. The van der Waals surface area contributed by atoms with E-state index in [1.807, 2.05) is 0 Å². The predicted molar refractivity (Wildman–Crippen MR) is 143 cm³/mol. The van der Waals surface area contributed by atoms with Crippen LogP contribution >= 0.6 is 0 Å². The first-order valence-electron chi connectivity index (χ1n) is 15.2. The van der Waals surface area contributed by atoms with Gasteiger partial charge in [-0.3, -0.25) is 4.79 Å². The molecule has 5 nitrogen and oxygen atoms in total. The summed E-state index contributed by atoms with van der Waals surface area (Å²) in [7, 11) is 1.70. The molecule has 3 atom stereocenters. The van der Waals surface area contributed by atoms with E-state index in [1.165, 1.54) is 96.3 Å². The van der Waals surface area contributed by atoms with E-state index in [0.717, 1.165) is 32.1 Å². The summed E-state index contributed by atoms with van der Waals surface area (Å²) in [6, 6.07) is 0. The topological polar surface area (TPSA) is 54.0 Å². The van der Waals surface area contributed by atoms with Crippen molar-refractivity contribution >= 4 is 5.97 Å². The van der Waals surface area contributed by atoms with Gasteiger partial charge in [0, 0.05) is 13.5 Å². The summed E-state index contributed by atoms with van der Waals surface area (Å²) in [6.45, 7) is 4.12. The van der Waals surface area contributed by atoms with Gasteiger partial charge in [-0.15, -0.1) is 0 Å². The smallest absolute Gasteiger partial charge is 0.311 e. The largest absolute Gasteiger partial charge is 0.465 e. The average Bonchev–Trinajstić information content (AvgIpc) is 2.89. The van der Waals surface area contributed by atoms with Gasteiger partial charge in [-0.25, -0.2) is 0 Å². The summed E-state index contributed by atoms with van der Waals surface area (Å²) in [4.78, 5) is 12.6. The Morgan fingerprint density at radius 1 is 0.657 bits per heavy atom. The number of methoxy groups -OCH3 is 1. The molecule has 0 spiro atoms. The predicted octanol–water partition coefficient (Wildman–Crippen LogP) is 7.78. The van der Waals surface area contributed by atoms with Crippen molar-refractivity contribution in [1.82, 2.24) is 0 Å². The first-order valence-corrected chi connectivity index (χ1v) is 15.2. The van der Waals surface area contributed by atoms with Crippen LogP contribution in [-0.4, -0.2) is 51.2 Å². The molecule has 0 amide bonds. The summed E-state index contributed by atoms with van der Waals surface area (Å²) in [5.41, 5.74) is 0. The highest BCUT2D eigenvalue weighted by molar-refractivity contribution is 5.73. The molecule has 0 aromatic heterocycles. The number of carbonyl (C=O) groups excluding carboxylic acids is 1.